The second-order valence-corrected chi connectivity index (χ2v) is 3.73. The summed E-state index contributed by atoms with van der Waals surface area (Å²) < 4.78 is 36.9. The predicted octanol–water partition coefficient (Wildman–Crippen LogP) is 2.42. The molecule has 0 rings (SSSR count). The van der Waals surface area contributed by atoms with E-state index >= 15 is 0 Å². The van der Waals surface area contributed by atoms with E-state index in [9.17, 15) is 18.0 Å². The largest absolute Gasteiger partial charge is 0.481 e. The highest BCUT2D eigenvalue weighted by molar-refractivity contribution is 5.71. The summed E-state index contributed by atoms with van der Waals surface area (Å²) in [6.07, 6.45) is -2.39. The molecule has 0 amide bonds. The molecule has 0 saturated heterocycles. The smallest absolute Gasteiger partial charge is 0.403 e. The van der Waals surface area contributed by atoms with Crippen LogP contribution < -0.4 is 5.32 Å². The fourth-order valence-corrected chi connectivity index (χ4v) is 1.43. The molecule has 2 unspecified atom stereocenters. The van der Waals surface area contributed by atoms with Gasteiger partial charge >= 0.3 is 12.1 Å². The number of alkyl halides is 3. The molecule has 2 N–H and O–H groups in total. The minimum Gasteiger partial charge on any atom is -0.481 e. The Morgan fingerprint density at radius 1 is 1.38 bits per heavy atom. The number of carbonyl (C=O) groups is 1. The Kier molecular flexibility index (Phi) is 6.40. The van der Waals surface area contributed by atoms with Crippen molar-refractivity contribution in [3.8, 4) is 0 Å². The number of aliphatic carboxylic acids is 1. The molecule has 0 aromatic carbocycles. The summed E-state index contributed by atoms with van der Waals surface area (Å²) in [6, 6.07) is -0.0470. The summed E-state index contributed by atoms with van der Waals surface area (Å²) in [4.78, 5) is 10.4. The maximum absolute atomic E-state index is 12.3. The molecule has 0 fully saturated rings. The molecule has 0 saturated carbocycles. The number of hydrogen-bond acceptors (Lipinski definition) is 2. The van der Waals surface area contributed by atoms with E-state index in [1.54, 1.807) is 0 Å². The van der Waals surface area contributed by atoms with Crippen molar-refractivity contribution in [3.05, 3.63) is 0 Å². The molecule has 0 heterocycles. The van der Waals surface area contributed by atoms with Crippen molar-refractivity contribution < 1.29 is 23.1 Å². The summed E-state index contributed by atoms with van der Waals surface area (Å²) in [5, 5.41) is 11.1. The fourth-order valence-electron chi connectivity index (χ4n) is 1.43. The van der Waals surface area contributed by atoms with Gasteiger partial charge < -0.3 is 10.4 Å². The Morgan fingerprint density at radius 2 is 1.94 bits per heavy atom. The maximum atomic E-state index is 12.3. The number of hydrogen-bond donors (Lipinski definition) is 2. The second kappa shape index (κ2) is 6.73. The first-order valence-corrected chi connectivity index (χ1v) is 5.35. The highest BCUT2D eigenvalue weighted by atomic mass is 19.4. The number of rotatable bonds is 7. The van der Waals surface area contributed by atoms with Crippen molar-refractivity contribution in [1.29, 1.82) is 0 Å². The molecular formula is C10H18F3NO2. The van der Waals surface area contributed by atoms with Crippen LogP contribution in [0.1, 0.15) is 33.1 Å². The first-order valence-electron chi connectivity index (χ1n) is 5.35. The first kappa shape index (κ1) is 15.2. The van der Waals surface area contributed by atoms with Gasteiger partial charge in [-0.1, -0.05) is 20.3 Å². The van der Waals surface area contributed by atoms with Crippen LogP contribution in [0.2, 0.25) is 0 Å². The molecule has 0 bridgehead atoms. The van der Waals surface area contributed by atoms with Gasteiger partial charge in [-0.15, -0.1) is 0 Å². The quantitative estimate of drug-likeness (QED) is 0.719. The van der Waals surface area contributed by atoms with Crippen molar-refractivity contribution in [3.63, 3.8) is 0 Å². The normalized spacial score (nSPS) is 15.8. The molecule has 0 aromatic rings. The van der Waals surface area contributed by atoms with Crippen LogP contribution >= 0.6 is 0 Å². The van der Waals surface area contributed by atoms with Gasteiger partial charge in [0.1, 0.15) is 0 Å². The number of halogens is 3. The fraction of sp³-hybridized carbons (Fsp3) is 0.900. The molecule has 0 spiro atoms. The zero-order valence-corrected chi connectivity index (χ0v) is 9.47. The van der Waals surface area contributed by atoms with Crippen LogP contribution in [0.4, 0.5) is 13.2 Å². The van der Waals surface area contributed by atoms with Gasteiger partial charge in [-0.25, -0.2) is 0 Å². The average Bonchev–Trinajstić information content (AvgIpc) is 2.13. The molecule has 16 heavy (non-hydrogen) atoms. The monoisotopic (exact) mass is 241 g/mol. The summed E-state index contributed by atoms with van der Waals surface area (Å²) >= 11 is 0. The van der Waals surface area contributed by atoms with Crippen molar-refractivity contribution in [2.75, 3.05) is 6.54 Å². The lowest BCUT2D eigenvalue weighted by Gasteiger charge is -2.21. The maximum Gasteiger partial charge on any atom is 0.403 e. The minimum absolute atomic E-state index is 0.0470. The number of carboxylic acids is 1. The highest BCUT2D eigenvalue weighted by Crippen LogP contribution is 2.26. The van der Waals surface area contributed by atoms with E-state index in [-0.39, 0.29) is 6.04 Å². The summed E-state index contributed by atoms with van der Waals surface area (Å²) in [5.74, 6) is -4.15. The first-order chi connectivity index (χ1) is 7.32. The molecule has 2 atom stereocenters. The SMILES string of the molecule is CCCC(CC)NCC(C(=O)O)C(F)(F)F. The molecule has 6 heteroatoms. The lowest BCUT2D eigenvalue weighted by molar-refractivity contribution is -0.192. The van der Waals surface area contributed by atoms with Crippen LogP contribution in [0.25, 0.3) is 0 Å². The van der Waals surface area contributed by atoms with Crippen LogP contribution in [0.15, 0.2) is 0 Å². The van der Waals surface area contributed by atoms with Gasteiger partial charge in [-0.2, -0.15) is 13.2 Å². The van der Waals surface area contributed by atoms with E-state index in [4.69, 9.17) is 5.11 Å². The molecule has 0 aliphatic carbocycles. The van der Waals surface area contributed by atoms with Crippen LogP contribution in [0.5, 0.6) is 0 Å². The third-order valence-corrected chi connectivity index (χ3v) is 2.43. The van der Waals surface area contributed by atoms with Crippen molar-refractivity contribution >= 4 is 5.97 Å². The number of nitrogens with one attached hydrogen (secondary N) is 1. The molecule has 3 nitrogen and oxygen atoms in total. The summed E-state index contributed by atoms with van der Waals surface area (Å²) in [5.41, 5.74) is 0. The lowest BCUT2D eigenvalue weighted by atomic mass is 10.1. The van der Waals surface area contributed by atoms with E-state index < -0.39 is 24.6 Å². The van der Waals surface area contributed by atoms with Crippen molar-refractivity contribution in [1.82, 2.24) is 5.32 Å². The van der Waals surface area contributed by atoms with Crippen LogP contribution in [-0.2, 0) is 4.79 Å². The van der Waals surface area contributed by atoms with Gasteiger partial charge in [-0.3, -0.25) is 4.79 Å². The van der Waals surface area contributed by atoms with E-state index in [1.165, 1.54) is 0 Å². The summed E-state index contributed by atoms with van der Waals surface area (Å²) in [6.45, 7) is 3.23. The Labute approximate surface area is 93.0 Å². The molecule has 0 aliphatic heterocycles. The lowest BCUT2D eigenvalue weighted by Crippen LogP contribution is -2.42. The minimum atomic E-state index is -4.69. The Morgan fingerprint density at radius 3 is 2.25 bits per heavy atom. The van der Waals surface area contributed by atoms with Crippen molar-refractivity contribution in [2.45, 2.75) is 45.3 Å². The van der Waals surface area contributed by atoms with E-state index in [2.05, 4.69) is 5.32 Å². The van der Waals surface area contributed by atoms with Crippen LogP contribution in [-0.4, -0.2) is 29.8 Å². The zero-order chi connectivity index (χ0) is 12.8. The highest BCUT2D eigenvalue weighted by Gasteiger charge is 2.44. The van der Waals surface area contributed by atoms with Gasteiger partial charge in [0.2, 0.25) is 0 Å². The Hall–Kier alpha value is -0.780. The Balaban J connectivity index is 4.26. The molecule has 0 aliphatic rings. The van der Waals surface area contributed by atoms with Gasteiger partial charge in [-0.05, 0) is 12.8 Å². The number of carboxylic acid groups (broad SMARTS) is 1. The molecule has 0 radical (unpaired) electrons. The molecule has 0 aromatic heterocycles. The van der Waals surface area contributed by atoms with Gasteiger partial charge in [0.25, 0.3) is 0 Å². The van der Waals surface area contributed by atoms with Crippen LogP contribution in [0, 0.1) is 5.92 Å². The molecule has 96 valence electrons. The van der Waals surface area contributed by atoms with E-state index in [0.717, 1.165) is 12.8 Å². The topological polar surface area (TPSA) is 49.3 Å². The summed E-state index contributed by atoms with van der Waals surface area (Å²) in [7, 11) is 0. The average molecular weight is 241 g/mol. The van der Waals surface area contributed by atoms with Crippen molar-refractivity contribution in [2.24, 2.45) is 5.92 Å². The van der Waals surface area contributed by atoms with Crippen LogP contribution in [0.3, 0.4) is 0 Å². The zero-order valence-electron chi connectivity index (χ0n) is 9.47. The third kappa shape index (κ3) is 5.34. The molecular weight excluding hydrogens is 223 g/mol. The van der Waals surface area contributed by atoms with Gasteiger partial charge in [0.05, 0.1) is 0 Å². The van der Waals surface area contributed by atoms with Gasteiger partial charge in [0, 0.05) is 12.6 Å². The third-order valence-electron chi connectivity index (χ3n) is 2.43. The standard InChI is InChI=1S/C10H18F3NO2/c1-3-5-7(4-2)14-6-8(9(15)16)10(11,12)13/h7-8,14H,3-6H2,1-2H3,(H,15,16). The Bertz CT molecular complexity index is 219. The van der Waals surface area contributed by atoms with E-state index in [1.807, 2.05) is 13.8 Å². The van der Waals surface area contributed by atoms with E-state index in [0.29, 0.717) is 6.42 Å². The predicted molar refractivity (Wildman–Crippen MR) is 54.2 cm³/mol. The second-order valence-electron chi connectivity index (χ2n) is 3.73. The van der Waals surface area contributed by atoms with Gasteiger partial charge in [0.15, 0.2) is 5.92 Å².